The topological polar surface area (TPSA) is 50.9 Å². The van der Waals surface area contributed by atoms with Crippen LogP contribution in [-0.2, 0) is 0 Å². The molecule has 0 bridgehead atoms. The molecule has 3 nitrogen and oxygen atoms in total. The Morgan fingerprint density at radius 2 is 1.89 bits per heavy atom. The molecule has 2 rings (SSSR count). The van der Waals surface area contributed by atoms with Crippen molar-refractivity contribution < 1.29 is 0 Å². The van der Waals surface area contributed by atoms with Gasteiger partial charge in [-0.2, -0.15) is 0 Å². The molecular formula is C15H17N3S. The Hall–Kier alpha value is -1.94. The van der Waals surface area contributed by atoms with E-state index in [0.29, 0.717) is 4.99 Å². The van der Waals surface area contributed by atoms with E-state index in [1.807, 2.05) is 12.1 Å². The minimum Gasteiger partial charge on any atom is -0.389 e. The Bertz CT molecular complexity index is 561. The second kappa shape index (κ2) is 5.80. The van der Waals surface area contributed by atoms with Crippen LogP contribution in [0.5, 0.6) is 0 Å². The van der Waals surface area contributed by atoms with Crippen LogP contribution in [0.15, 0.2) is 42.6 Å². The minimum absolute atomic E-state index is 0.198. The predicted octanol–water partition coefficient (Wildman–Crippen LogP) is 3.20. The molecule has 0 aliphatic heterocycles. The molecule has 3 N–H and O–H groups in total. The maximum atomic E-state index is 5.54. The Kier molecular flexibility index (Phi) is 4.12. The summed E-state index contributed by atoms with van der Waals surface area (Å²) in [6.45, 7) is 4.19. The maximum absolute atomic E-state index is 5.54. The number of rotatable bonds is 4. The van der Waals surface area contributed by atoms with Crippen LogP contribution in [0.25, 0.3) is 0 Å². The van der Waals surface area contributed by atoms with Crippen LogP contribution in [-0.4, -0.2) is 9.97 Å². The highest BCUT2D eigenvalue weighted by molar-refractivity contribution is 7.80. The highest BCUT2D eigenvalue weighted by atomic mass is 32.1. The zero-order valence-electron chi connectivity index (χ0n) is 11.1. The molecule has 0 aliphatic carbocycles. The van der Waals surface area contributed by atoms with Crippen molar-refractivity contribution in [3.8, 4) is 0 Å². The van der Waals surface area contributed by atoms with Gasteiger partial charge in [0.1, 0.15) is 10.8 Å². The molecule has 1 aromatic heterocycles. The number of nitrogens with one attached hydrogen (secondary N) is 1. The number of thiocarbonyl (C=S) groups is 1. The van der Waals surface area contributed by atoms with Crippen LogP contribution in [0.1, 0.15) is 29.7 Å². The molecule has 98 valence electrons. The summed E-state index contributed by atoms with van der Waals surface area (Å²) in [7, 11) is 0. The highest BCUT2D eigenvalue weighted by Crippen LogP contribution is 2.18. The van der Waals surface area contributed by atoms with E-state index in [1.54, 1.807) is 6.20 Å². The van der Waals surface area contributed by atoms with Gasteiger partial charge in [-0.1, -0.05) is 42.0 Å². The van der Waals surface area contributed by atoms with Crippen molar-refractivity contribution in [3.63, 3.8) is 0 Å². The smallest absolute Gasteiger partial charge is 0.126 e. The average molecular weight is 271 g/mol. The zero-order chi connectivity index (χ0) is 13.8. The molecule has 1 heterocycles. The number of anilines is 1. The summed E-state index contributed by atoms with van der Waals surface area (Å²) < 4.78 is 0. The van der Waals surface area contributed by atoms with E-state index in [4.69, 9.17) is 18.0 Å². The van der Waals surface area contributed by atoms with Crippen molar-refractivity contribution in [2.24, 2.45) is 5.73 Å². The Morgan fingerprint density at radius 3 is 2.42 bits per heavy atom. The standard InChI is InChI=1S/C15H17N3S/c1-10-3-5-12(6-4-10)11(2)18-14-8-7-13(9-17-14)15(16)19/h3-9,11H,1-2H3,(H2,16,19)(H,17,18). The van der Waals surface area contributed by atoms with Gasteiger partial charge in [-0.25, -0.2) is 4.98 Å². The summed E-state index contributed by atoms with van der Waals surface area (Å²) in [4.78, 5) is 4.67. The summed E-state index contributed by atoms with van der Waals surface area (Å²) in [6, 6.07) is 12.4. The van der Waals surface area contributed by atoms with Gasteiger partial charge >= 0.3 is 0 Å². The van der Waals surface area contributed by atoms with Gasteiger partial charge in [0.15, 0.2) is 0 Å². The van der Waals surface area contributed by atoms with Gasteiger partial charge in [0, 0.05) is 17.8 Å². The Morgan fingerprint density at radius 1 is 1.21 bits per heavy atom. The lowest BCUT2D eigenvalue weighted by molar-refractivity contribution is 0.874. The third-order valence-corrected chi connectivity index (χ3v) is 3.23. The van der Waals surface area contributed by atoms with E-state index in [0.717, 1.165) is 11.4 Å². The van der Waals surface area contributed by atoms with Crippen LogP contribution in [0.3, 0.4) is 0 Å². The van der Waals surface area contributed by atoms with E-state index < -0.39 is 0 Å². The molecule has 0 saturated carbocycles. The van der Waals surface area contributed by atoms with Crippen LogP contribution in [0, 0.1) is 6.92 Å². The average Bonchev–Trinajstić information content (AvgIpc) is 2.40. The van der Waals surface area contributed by atoms with Crippen molar-refractivity contribution in [2.75, 3.05) is 5.32 Å². The van der Waals surface area contributed by atoms with E-state index in [9.17, 15) is 0 Å². The van der Waals surface area contributed by atoms with Crippen molar-refractivity contribution in [1.29, 1.82) is 0 Å². The first-order valence-corrected chi connectivity index (χ1v) is 6.56. The summed E-state index contributed by atoms with van der Waals surface area (Å²) in [5.41, 5.74) is 8.81. The molecule has 0 amide bonds. The molecular weight excluding hydrogens is 254 g/mol. The third kappa shape index (κ3) is 3.51. The lowest BCUT2D eigenvalue weighted by atomic mass is 10.1. The Labute approximate surface area is 118 Å². The van der Waals surface area contributed by atoms with Crippen molar-refractivity contribution in [1.82, 2.24) is 4.98 Å². The normalized spacial score (nSPS) is 11.9. The SMILES string of the molecule is Cc1ccc(C(C)Nc2ccc(C(N)=S)cn2)cc1. The molecule has 19 heavy (non-hydrogen) atoms. The number of aromatic nitrogens is 1. The van der Waals surface area contributed by atoms with Crippen LogP contribution in [0.2, 0.25) is 0 Å². The summed E-state index contributed by atoms with van der Waals surface area (Å²) in [5, 5.41) is 3.35. The summed E-state index contributed by atoms with van der Waals surface area (Å²) in [5.74, 6) is 0.813. The monoisotopic (exact) mass is 271 g/mol. The second-order valence-electron chi connectivity index (χ2n) is 4.57. The predicted molar refractivity (Wildman–Crippen MR) is 83.3 cm³/mol. The molecule has 1 aromatic carbocycles. The van der Waals surface area contributed by atoms with Crippen LogP contribution >= 0.6 is 12.2 Å². The first-order chi connectivity index (χ1) is 9.06. The minimum atomic E-state index is 0.198. The number of hydrogen-bond donors (Lipinski definition) is 2. The molecule has 0 saturated heterocycles. The fourth-order valence-corrected chi connectivity index (χ4v) is 1.91. The van der Waals surface area contributed by atoms with Crippen LogP contribution in [0.4, 0.5) is 5.82 Å². The number of nitrogens with two attached hydrogens (primary N) is 1. The third-order valence-electron chi connectivity index (χ3n) is 2.99. The van der Waals surface area contributed by atoms with E-state index in [-0.39, 0.29) is 6.04 Å². The van der Waals surface area contributed by atoms with E-state index in [1.165, 1.54) is 11.1 Å². The van der Waals surface area contributed by atoms with Gasteiger partial charge in [0.2, 0.25) is 0 Å². The number of benzene rings is 1. The van der Waals surface area contributed by atoms with E-state index >= 15 is 0 Å². The molecule has 0 spiro atoms. The number of hydrogen-bond acceptors (Lipinski definition) is 3. The van der Waals surface area contributed by atoms with Gasteiger partial charge < -0.3 is 11.1 Å². The summed E-state index contributed by atoms with van der Waals surface area (Å²) in [6.07, 6.45) is 1.69. The number of pyridine rings is 1. The molecule has 1 atom stereocenters. The lowest BCUT2D eigenvalue weighted by Gasteiger charge is -2.15. The van der Waals surface area contributed by atoms with Crippen molar-refractivity contribution in [2.45, 2.75) is 19.9 Å². The van der Waals surface area contributed by atoms with Gasteiger partial charge in [-0.05, 0) is 31.5 Å². The van der Waals surface area contributed by atoms with Gasteiger partial charge in [-0.15, -0.1) is 0 Å². The molecule has 0 fully saturated rings. The number of nitrogens with zero attached hydrogens (tertiary/aromatic N) is 1. The molecule has 0 aliphatic rings. The molecule has 1 unspecified atom stereocenters. The molecule has 4 heteroatoms. The second-order valence-corrected chi connectivity index (χ2v) is 5.01. The highest BCUT2D eigenvalue weighted by Gasteiger charge is 2.06. The van der Waals surface area contributed by atoms with Gasteiger partial charge in [0.05, 0.1) is 0 Å². The Balaban J connectivity index is 2.08. The molecule has 2 aromatic rings. The zero-order valence-corrected chi connectivity index (χ0v) is 11.9. The van der Waals surface area contributed by atoms with Gasteiger partial charge in [0.25, 0.3) is 0 Å². The van der Waals surface area contributed by atoms with Crippen molar-refractivity contribution >= 4 is 23.0 Å². The quantitative estimate of drug-likeness (QED) is 0.838. The number of aryl methyl sites for hydroxylation is 1. The van der Waals surface area contributed by atoms with Crippen LogP contribution < -0.4 is 11.1 Å². The fraction of sp³-hybridized carbons (Fsp3) is 0.200. The fourth-order valence-electron chi connectivity index (χ4n) is 1.79. The first-order valence-electron chi connectivity index (χ1n) is 6.15. The largest absolute Gasteiger partial charge is 0.389 e. The van der Waals surface area contributed by atoms with Gasteiger partial charge in [-0.3, -0.25) is 0 Å². The maximum Gasteiger partial charge on any atom is 0.126 e. The first kappa shape index (κ1) is 13.5. The lowest BCUT2D eigenvalue weighted by Crippen LogP contribution is -2.11. The van der Waals surface area contributed by atoms with Crippen molar-refractivity contribution in [3.05, 3.63) is 59.3 Å². The molecule has 0 radical (unpaired) electrons. The summed E-state index contributed by atoms with van der Waals surface area (Å²) >= 11 is 4.90. The van der Waals surface area contributed by atoms with E-state index in [2.05, 4.69) is 48.4 Å².